The van der Waals surface area contributed by atoms with Gasteiger partial charge in [0.1, 0.15) is 0 Å². The number of nitrogens with zero attached hydrogens (tertiary/aromatic N) is 1. The predicted octanol–water partition coefficient (Wildman–Crippen LogP) is 0.993. The van der Waals surface area contributed by atoms with E-state index in [2.05, 4.69) is 0 Å². The van der Waals surface area contributed by atoms with Crippen LogP contribution in [0.3, 0.4) is 0 Å². The van der Waals surface area contributed by atoms with Crippen LogP contribution < -0.4 is 0 Å². The maximum Gasteiger partial charge on any atom is 0.407 e. The molecule has 0 aromatic heterocycles. The maximum atomic E-state index is 10.5. The van der Waals surface area contributed by atoms with Crippen molar-refractivity contribution in [1.29, 1.82) is 0 Å². The van der Waals surface area contributed by atoms with Crippen molar-refractivity contribution in [2.45, 2.75) is 17.9 Å². The molecule has 0 bridgehead atoms. The Kier molecular flexibility index (Phi) is 3.17. The molecule has 1 rings (SSSR count). The van der Waals surface area contributed by atoms with Crippen LogP contribution in [-0.2, 0) is 4.74 Å². The molecule has 70 valence electrons. The summed E-state index contributed by atoms with van der Waals surface area (Å²) in [5.74, 6) is 0. The zero-order chi connectivity index (χ0) is 9.14. The lowest BCUT2D eigenvalue weighted by atomic mass is 10.1. The van der Waals surface area contributed by atoms with E-state index in [1.165, 1.54) is 4.90 Å². The van der Waals surface area contributed by atoms with Gasteiger partial charge >= 0.3 is 6.09 Å². The lowest BCUT2D eigenvalue weighted by Crippen LogP contribution is -2.46. The molecule has 0 aromatic rings. The average molecular weight is 194 g/mol. The number of carbonyl (C=O) groups is 1. The van der Waals surface area contributed by atoms with E-state index < -0.39 is 6.09 Å². The zero-order valence-electron chi connectivity index (χ0n) is 6.86. The third-order valence-corrected chi connectivity index (χ3v) is 2.47. The first-order valence-electron chi connectivity index (χ1n) is 3.80. The first-order valence-corrected chi connectivity index (χ1v) is 4.23. The molecule has 2 atom stereocenters. The van der Waals surface area contributed by atoms with Crippen LogP contribution in [0, 0.1) is 0 Å². The molecule has 1 fully saturated rings. The van der Waals surface area contributed by atoms with Crippen molar-refractivity contribution in [2.75, 3.05) is 20.2 Å². The van der Waals surface area contributed by atoms with Crippen LogP contribution in [0.15, 0.2) is 0 Å². The topological polar surface area (TPSA) is 49.8 Å². The molecule has 1 aliphatic heterocycles. The number of halogens is 1. The van der Waals surface area contributed by atoms with Crippen LogP contribution in [-0.4, -0.2) is 47.8 Å². The monoisotopic (exact) mass is 193 g/mol. The zero-order valence-corrected chi connectivity index (χ0v) is 7.62. The summed E-state index contributed by atoms with van der Waals surface area (Å²) in [7, 11) is 1.59. The summed E-state index contributed by atoms with van der Waals surface area (Å²) in [6.45, 7) is 0.868. The molecule has 12 heavy (non-hydrogen) atoms. The molecule has 0 saturated carbocycles. The van der Waals surface area contributed by atoms with Crippen molar-refractivity contribution in [1.82, 2.24) is 4.90 Å². The highest BCUT2D eigenvalue weighted by Gasteiger charge is 2.29. The van der Waals surface area contributed by atoms with Crippen molar-refractivity contribution in [3.63, 3.8) is 0 Å². The van der Waals surface area contributed by atoms with Gasteiger partial charge in [0.15, 0.2) is 0 Å². The van der Waals surface area contributed by atoms with Crippen LogP contribution in [0.25, 0.3) is 0 Å². The van der Waals surface area contributed by atoms with Crippen LogP contribution in [0.2, 0.25) is 0 Å². The number of methoxy groups -OCH3 is 1. The first kappa shape index (κ1) is 9.61. The summed E-state index contributed by atoms with van der Waals surface area (Å²) < 4.78 is 5.08. The molecule has 0 aromatic carbocycles. The number of amides is 1. The van der Waals surface area contributed by atoms with Gasteiger partial charge in [-0.15, -0.1) is 11.6 Å². The molecule has 0 aliphatic carbocycles. The maximum absolute atomic E-state index is 10.5. The molecular formula is C7H12ClNO3. The Morgan fingerprint density at radius 1 is 1.75 bits per heavy atom. The molecule has 4 nitrogen and oxygen atoms in total. The van der Waals surface area contributed by atoms with E-state index in [1.807, 2.05) is 0 Å². The number of carboxylic acid groups (broad SMARTS) is 1. The van der Waals surface area contributed by atoms with E-state index in [9.17, 15) is 4.79 Å². The summed E-state index contributed by atoms with van der Waals surface area (Å²) >= 11 is 5.89. The molecule has 2 unspecified atom stereocenters. The van der Waals surface area contributed by atoms with Gasteiger partial charge in [0.2, 0.25) is 0 Å². The fourth-order valence-corrected chi connectivity index (χ4v) is 1.72. The molecular weight excluding hydrogens is 182 g/mol. The number of alkyl halides is 1. The van der Waals surface area contributed by atoms with E-state index in [-0.39, 0.29) is 11.5 Å². The molecule has 1 aliphatic rings. The lowest BCUT2D eigenvalue weighted by molar-refractivity contribution is 0.0453. The van der Waals surface area contributed by atoms with Gasteiger partial charge in [0, 0.05) is 20.2 Å². The first-order chi connectivity index (χ1) is 5.65. The number of piperidine rings is 1. The smallest absolute Gasteiger partial charge is 0.407 e. The fourth-order valence-electron chi connectivity index (χ4n) is 1.32. The SMILES string of the molecule is COC1CCN(C(=O)O)CC1Cl. The predicted molar refractivity (Wildman–Crippen MR) is 44.7 cm³/mol. The highest BCUT2D eigenvalue weighted by molar-refractivity contribution is 6.21. The summed E-state index contributed by atoms with van der Waals surface area (Å²) in [6.07, 6.45) is -0.241. The minimum atomic E-state index is -0.907. The van der Waals surface area contributed by atoms with E-state index in [1.54, 1.807) is 7.11 Å². The van der Waals surface area contributed by atoms with Gasteiger partial charge in [-0.1, -0.05) is 0 Å². The van der Waals surface area contributed by atoms with Gasteiger partial charge in [-0.25, -0.2) is 4.79 Å². The van der Waals surface area contributed by atoms with Crippen LogP contribution >= 0.6 is 11.6 Å². The Morgan fingerprint density at radius 3 is 2.83 bits per heavy atom. The largest absolute Gasteiger partial charge is 0.465 e. The van der Waals surface area contributed by atoms with Crippen molar-refractivity contribution in [2.24, 2.45) is 0 Å². The summed E-state index contributed by atoms with van der Waals surface area (Å²) in [5, 5.41) is 8.42. The van der Waals surface area contributed by atoms with Gasteiger partial charge in [0.25, 0.3) is 0 Å². The molecule has 5 heteroatoms. The second-order valence-corrected chi connectivity index (χ2v) is 3.37. The minimum absolute atomic E-state index is 0.0118. The Hall–Kier alpha value is -0.480. The normalized spacial score (nSPS) is 30.3. The van der Waals surface area contributed by atoms with Crippen LogP contribution in [0.5, 0.6) is 0 Å². The molecule has 1 amide bonds. The van der Waals surface area contributed by atoms with Gasteiger partial charge in [-0.3, -0.25) is 0 Å². The quantitative estimate of drug-likeness (QED) is 0.632. The standard InChI is InChI=1S/C7H12ClNO3/c1-12-6-2-3-9(7(10)11)4-5(6)8/h5-6H,2-4H2,1H3,(H,10,11). The van der Waals surface area contributed by atoms with E-state index in [0.29, 0.717) is 19.5 Å². The lowest BCUT2D eigenvalue weighted by Gasteiger charge is -2.32. The third-order valence-electron chi connectivity index (χ3n) is 2.06. The van der Waals surface area contributed by atoms with Crippen molar-refractivity contribution >= 4 is 17.7 Å². The second kappa shape index (κ2) is 3.96. The summed E-state index contributed by atoms with van der Waals surface area (Å²) in [6, 6.07) is 0. The van der Waals surface area contributed by atoms with Crippen molar-refractivity contribution in [3.8, 4) is 0 Å². The van der Waals surface area contributed by atoms with Gasteiger partial charge < -0.3 is 14.7 Å². The highest BCUT2D eigenvalue weighted by atomic mass is 35.5. The Balaban J connectivity index is 2.46. The molecule has 1 saturated heterocycles. The fraction of sp³-hybridized carbons (Fsp3) is 0.857. The second-order valence-electron chi connectivity index (χ2n) is 2.81. The Labute approximate surface area is 76.1 Å². The van der Waals surface area contributed by atoms with Gasteiger partial charge in [0.05, 0.1) is 11.5 Å². The van der Waals surface area contributed by atoms with E-state index >= 15 is 0 Å². The number of hydrogen-bond donors (Lipinski definition) is 1. The molecule has 0 spiro atoms. The van der Waals surface area contributed by atoms with E-state index in [0.717, 1.165) is 0 Å². The Bertz CT molecular complexity index is 176. The average Bonchev–Trinajstić information content (AvgIpc) is 2.04. The Morgan fingerprint density at radius 2 is 2.42 bits per heavy atom. The number of likely N-dealkylation sites (tertiary alicyclic amines) is 1. The molecule has 0 radical (unpaired) electrons. The molecule has 1 N–H and O–H groups in total. The highest BCUT2D eigenvalue weighted by Crippen LogP contribution is 2.18. The van der Waals surface area contributed by atoms with Crippen molar-refractivity contribution in [3.05, 3.63) is 0 Å². The molecule has 1 heterocycles. The van der Waals surface area contributed by atoms with Gasteiger partial charge in [-0.05, 0) is 6.42 Å². The number of hydrogen-bond acceptors (Lipinski definition) is 2. The van der Waals surface area contributed by atoms with Crippen molar-refractivity contribution < 1.29 is 14.6 Å². The summed E-state index contributed by atoms with van der Waals surface area (Å²) in [4.78, 5) is 11.8. The minimum Gasteiger partial charge on any atom is -0.465 e. The third kappa shape index (κ3) is 2.01. The number of ether oxygens (including phenoxy) is 1. The number of rotatable bonds is 1. The van der Waals surface area contributed by atoms with Crippen LogP contribution in [0.4, 0.5) is 4.79 Å². The van der Waals surface area contributed by atoms with E-state index in [4.69, 9.17) is 21.4 Å². The van der Waals surface area contributed by atoms with Crippen LogP contribution in [0.1, 0.15) is 6.42 Å². The van der Waals surface area contributed by atoms with Gasteiger partial charge in [-0.2, -0.15) is 0 Å². The summed E-state index contributed by atoms with van der Waals surface area (Å²) in [5.41, 5.74) is 0.